The molecule has 2 aliphatic rings. The summed E-state index contributed by atoms with van der Waals surface area (Å²) >= 11 is 0. The Balaban J connectivity index is 1.46. The minimum atomic E-state index is -0.224. The maximum absolute atomic E-state index is 13.4. The lowest BCUT2D eigenvalue weighted by atomic mass is 10.0. The van der Waals surface area contributed by atoms with Crippen LogP contribution in [0.2, 0.25) is 0 Å². The van der Waals surface area contributed by atoms with Crippen LogP contribution >= 0.6 is 0 Å². The van der Waals surface area contributed by atoms with E-state index in [0.717, 1.165) is 49.3 Å². The lowest BCUT2D eigenvalue weighted by molar-refractivity contribution is 0.0855. The third kappa shape index (κ3) is 4.06. The molecule has 144 valence electrons. The second-order valence-corrected chi connectivity index (χ2v) is 7.37. The maximum Gasteiger partial charge on any atom is 0.255 e. The molecule has 0 bridgehead atoms. The van der Waals surface area contributed by atoms with Crippen molar-refractivity contribution >= 4 is 5.91 Å². The Hall–Kier alpha value is -2.18. The van der Waals surface area contributed by atoms with Crippen molar-refractivity contribution < 1.29 is 18.3 Å². The van der Waals surface area contributed by atoms with Gasteiger partial charge in [-0.15, -0.1) is 0 Å². The van der Waals surface area contributed by atoms with Gasteiger partial charge in [0, 0.05) is 44.8 Å². The standard InChI is InChI=1S/C21H25FN2O3/c1-14-20(21(25)23-11-17-6-3-9-26-17)18-13-24(8-7-19(18)27-14)12-15-4-2-5-16(22)10-15/h2,4-5,10,17H,3,6-9,11-13H2,1H3,(H,23,25)/t17-/m1/s1. The molecule has 1 saturated heterocycles. The van der Waals surface area contributed by atoms with E-state index in [1.54, 1.807) is 12.1 Å². The zero-order chi connectivity index (χ0) is 18.8. The maximum atomic E-state index is 13.4. The van der Waals surface area contributed by atoms with Crippen molar-refractivity contribution in [1.82, 2.24) is 10.2 Å². The van der Waals surface area contributed by atoms with Gasteiger partial charge in [-0.3, -0.25) is 9.69 Å². The molecular formula is C21H25FN2O3. The molecule has 1 fully saturated rings. The number of hydrogen-bond acceptors (Lipinski definition) is 4. The zero-order valence-corrected chi connectivity index (χ0v) is 15.6. The summed E-state index contributed by atoms with van der Waals surface area (Å²) in [5, 5.41) is 3.00. The number of benzene rings is 1. The molecule has 0 aliphatic carbocycles. The van der Waals surface area contributed by atoms with E-state index in [2.05, 4.69) is 10.2 Å². The molecule has 1 atom stereocenters. The Bertz CT molecular complexity index is 827. The average molecular weight is 372 g/mol. The average Bonchev–Trinajstić information content (AvgIpc) is 3.26. The highest BCUT2D eigenvalue weighted by atomic mass is 19.1. The molecule has 0 unspecified atom stereocenters. The number of rotatable bonds is 5. The first-order valence-electron chi connectivity index (χ1n) is 9.58. The summed E-state index contributed by atoms with van der Waals surface area (Å²) in [7, 11) is 0. The first kappa shape index (κ1) is 18.2. The van der Waals surface area contributed by atoms with Gasteiger partial charge in [-0.25, -0.2) is 4.39 Å². The summed E-state index contributed by atoms with van der Waals surface area (Å²) < 4.78 is 24.9. The fourth-order valence-corrected chi connectivity index (χ4v) is 4.01. The highest BCUT2D eigenvalue weighted by Gasteiger charge is 2.29. The number of amides is 1. The molecule has 1 aromatic heterocycles. The number of carbonyl (C=O) groups excluding carboxylic acids is 1. The van der Waals surface area contributed by atoms with Gasteiger partial charge in [0.05, 0.1) is 11.7 Å². The third-order valence-corrected chi connectivity index (χ3v) is 5.34. The Morgan fingerprint density at radius 1 is 1.41 bits per heavy atom. The van der Waals surface area contributed by atoms with Crippen LogP contribution in [0.1, 0.15) is 45.8 Å². The molecule has 1 aromatic carbocycles. The van der Waals surface area contributed by atoms with Crippen molar-refractivity contribution in [2.45, 2.75) is 45.4 Å². The molecule has 2 aromatic rings. The van der Waals surface area contributed by atoms with Crippen LogP contribution in [0.15, 0.2) is 28.7 Å². The number of nitrogens with zero attached hydrogens (tertiary/aromatic N) is 1. The van der Waals surface area contributed by atoms with Crippen LogP contribution in [0.3, 0.4) is 0 Å². The second kappa shape index (κ2) is 7.82. The molecule has 5 nitrogen and oxygen atoms in total. The predicted octanol–water partition coefficient (Wildman–Crippen LogP) is 3.19. The molecule has 2 aliphatic heterocycles. The van der Waals surface area contributed by atoms with E-state index in [-0.39, 0.29) is 17.8 Å². The van der Waals surface area contributed by atoms with Gasteiger partial charge in [0.15, 0.2) is 0 Å². The molecular weight excluding hydrogens is 347 g/mol. The van der Waals surface area contributed by atoms with E-state index < -0.39 is 0 Å². The van der Waals surface area contributed by atoms with Gasteiger partial charge in [0.2, 0.25) is 0 Å². The molecule has 1 amide bonds. The summed E-state index contributed by atoms with van der Waals surface area (Å²) in [6, 6.07) is 6.67. The molecule has 6 heteroatoms. The predicted molar refractivity (Wildman–Crippen MR) is 99.0 cm³/mol. The van der Waals surface area contributed by atoms with E-state index >= 15 is 0 Å². The van der Waals surface area contributed by atoms with Crippen molar-refractivity contribution in [3.63, 3.8) is 0 Å². The lowest BCUT2D eigenvalue weighted by Gasteiger charge is -2.26. The fraction of sp³-hybridized carbons (Fsp3) is 0.476. The van der Waals surface area contributed by atoms with E-state index in [0.29, 0.717) is 31.0 Å². The summed E-state index contributed by atoms with van der Waals surface area (Å²) in [6.45, 7) is 5.26. The first-order valence-corrected chi connectivity index (χ1v) is 9.58. The van der Waals surface area contributed by atoms with Crippen LogP contribution < -0.4 is 5.32 Å². The number of hydrogen-bond donors (Lipinski definition) is 1. The zero-order valence-electron chi connectivity index (χ0n) is 15.6. The highest BCUT2D eigenvalue weighted by Crippen LogP contribution is 2.29. The van der Waals surface area contributed by atoms with Gasteiger partial charge in [0.25, 0.3) is 5.91 Å². The molecule has 1 N–H and O–H groups in total. The van der Waals surface area contributed by atoms with E-state index in [1.807, 2.05) is 13.0 Å². The smallest absolute Gasteiger partial charge is 0.255 e. The van der Waals surface area contributed by atoms with Gasteiger partial charge in [0.1, 0.15) is 17.3 Å². The summed E-state index contributed by atoms with van der Waals surface area (Å²) in [4.78, 5) is 15.0. The third-order valence-electron chi connectivity index (χ3n) is 5.34. The monoisotopic (exact) mass is 372 g/mol. The van der Waals surface area contributed by atoms with Gasteiger partial charge in [-0.05, 0) is 37.5 Å². The largest absolute Gasteiger partial charge is 0.465 e. The van der Waals surface area contributed by atoms with Crippen LogP contribution in [0.5, 0.6) is 0 Å². The first-order chi connectivity index (χ1) is 13.1. The second-order valence-electron chi connectivity index (χ2n) is 7.37. The van der Waals surface area contributed by atoms with E-state index in [4.69, 9.17) is 9.15 Å². The molecule has 4 rings (SSSR count). The Morgan fingerprint density at radius 3 is 3.07 bits per heavy atom. The summed E-state index contributed by atoms with van der Waals surface area (Å²) in [5.41, 5.74) is 2.54. The molecule has 0 radical (unpaired) electrons. The van der Waals surface area contributed by atoms with E-state index in [9.17, 15) is 9.18 Å². The minimum absolute atomic E-state index is 0.0967. The van der Waals surface area contributed by atoms with Gasteiger partial charge < -0.3 is 14.5 Å². The minimum Gasteiger partial charge on any atom is -0.465 e. The Labute approximate surface area is 158 Å². The number of nitrogens with one attached hydrogen (secondary N) is 1. The van der Waals surface area contributed by atoms with Crippen molar-refractivity contribution in [3.8, 4) is 0 Å². The normalized spacial score (nSPS) is 19.9. The van der Waals surface area contributed by atoms with Crippen LogP contribution in [-0.2, 0) is 24.2 Å². The van der Waals surface area contributed by atoms with E-state index in [1.165, 1.54) is 6.07 Å². The number of aryl methyl sites for hydroxylation is 1. The van der Waals surface area contributed by atoms with Gasteiger partial charge >= 0.3 is 0 Å². The number of ether oxygens (including phenoxy) is 1. The summed E-state index contributed by atoms with van der Waals surface area (Å²) in [6.07, 6.45) is 2.91. The molecule has 0 saturated carbocycles. The topological polar surface area (TPSA) is 54.7 Å². The van der Waals surface area contributed by atoms with Crippen LogP contribution in [0.4, 0.5) is 4.39 Å². The molecule has 3 heterocycles. The molecule has 0 spiro atoms. The lowest BCUT2D eigenvalue weighted by Crippen LogP contribution is -2.34. The Morgan fingerprint density at radius 2 is 2.30 bits per heavy atom. The highest BCUT2D eigenvalue weighted by molar-refractivity contribution is 5.97. The van der Waals surface area contributed by atoms with Crippen LogP contribution in [0.25, 0.3) is 0 Å². The Kier molecular flexibility index (Phi) is 5.27. The SMILES string of the molecule is Cc1oc2c(c1C(=O)NC[C@H]1CCCO1)CN(Cc1cccc(F)c1)CC2. The van der Waals surface area contributed by atoms with Gasteiger partial charge in [-0.1, -0.05) is 12.1 Å². The van der Waals surface area contributed by atoms with Crippen molar-refractivity contribution in [2.24, 2.45) is 0 Å². The number of halogens is 1. The summed E-state index contributed by atoms with van der Waals surface area (Å²) in [5.74, 6) is 1.24. The number of carbonyl (C=O) groups is 1. The van der Waals surface area contributed by atoms with Gasteiger partial charge in [-0.2, -0.15) is 0 Å². The van der Waals surface area contributed by atoms with Crippen molar-refractivity contribution in [1.29, 1.82) is 0 Å². The molecule has 27 heavy (non-hydrogen) atoms. The quantitative estimate of drug-likeness (QED) is 0.876. The number of furan rings is 1. The van der Waals surface area contributed by atoms with Crippen molar-refractivity contribution in [3.05, 3.63) is 58.3 Å². The van der Waals surface area contributed by atoms with Crippen molar-refractivity contribution in [2.75, 3.05) is 19.7 Å². The number of fused-ring (bicyclic) bond motifs is 1. The van der Waals surface area contributed by atoms with Crippen LogP contribution in [0, 0.1) is 12.7 Å². The van der Waals surface area contributed by atoms with Crippen LogP contribution in [-0.4, -0.2) is 36.6 Å². The fourth-order valence-electron chi connectivity index (χ4n) is 4.01.